The summed E-state index contributed by atoms with van der Waals surface area (Å²) in [6, 6.07) is 19.1. The van der Waals surface area contributed by atoms with E-state index in [-0.39, 0.29) is 23.9 Å². The van der Waals surface area contributed by atoms with E-state index < -0.39 is 10.0 Å². The second-order valence-corrected chi connectivity index (χ2v) is 9.97. The number of amides is 1. The molecule has 8 heteroatoms. The van der Waals surface area contributed by atoms with Crippen LogP contribution in [0.1, 0.15) is 16.7 Å². The summed E-state index contributed by atoms with van der Waals surface area (Å²) in [4.78, 5) is 14.8. The van der Waals surface area contributed by atoms with Gasteiger partial charge in [-0.1, -0.05) is 35.9 Å². The number of aryl methyl sites for hydroxylation is 2. The highest BCUT2D eigenvalue weighted by Gasteiger charge is 2.28. The Hall–Kier alpha value is -3.52. The second-order valence-electron chi connectivity index (χ2n) is 8.10. The maximum Gasteiger partial charge on any atom is 0.264 e. The standard InChI is InChI=1S/C26H30N2O5S/c1-19-9-12-23(13-10-19)34(30,31)28(22-8-6-7-20(2)15-22)18-26(29)27(3)17-21-11-14-24(32-4)25(16-21)33-5/h6-16H,17-18H2,1-5H3. The number of methoxy groups -OCH3 is 2. The number of carbonyl (C=O) groups is 1. The summed E-state index contributed by atoms with van der Waals surface area (Å²) in [7, 11) is 0.790. The van der Waals surface area contributed by atoms with Crippen molar-refractivity contribution in [3.8, 4) is 11.5 Å². The number of hydrogen-bond acceptors (Lipinski definition) is 5. The van der Waals surface area contributed by atoms with Gasteiger partial charge in [-0.15, -0.1) is 0 Å². The number of carbonyl (C=O) groups excluding carboxylic acids is 1. The van der Waals surface area contributed by atoms with E-state index in [0.717, 1.165) is 21.0 Å². The Morgan fingerprint density at radius 1 is 0.853 bits per heavy atom. The Labute approximate surface area is 201 Å². The first-order valence-electron chi connectivity index (χ1n) is 10.8. The van der Waals surface area contributed by atoms with E-state index in [0.29, 0.717) is 17.2 Å². The van der Waals surface area contributed by atoms with Crippen LogP contribution in [0.4, 0.5) is 5.69 Å². The van der Waals surface area contributed by atoms with E-state index in [4.69, 9.17) is 9.47 Å². The van der Waals surface area contributed by atoms with Crippen LogP contribution in [0.2, 0.25) is 0 Å². The molecule has 0 heterocycles. The third-order valence-corrected chi connectivity index (χ3v) is 7.26. The molecule has 0 unspecified atom stereocenters. The summed E-state index contributed by atoms with van der Waals surface area (Å²) in [5, 5.41) is 0. The molecule has 0 aliphatic heterocycles. The number of sulfonamides is 1. The number of hydrogen-bond donors (Lipinski definition) is 0. The van der Waals surface area contributed by atoms with Gasteiger partial charge < -0.3 is 14.4 Å². The van der Waals surface area contributed by atoms with Crippen LogP contribution < -0.4 is 13.8 Å². The number of benzene rings is 3. The zero-order valence-electron chi connectivity index (χ0n) is 20.1. The molecule has 3 rings (SSSR count). The van der Waals surface area contributed by atoms with Crippen molar-refractivity contribution in [3.63, 3.8) is 0 Å². The van der Waals surface area contributed by atoms with Gasteiger partial charge in [-0.2, -0.15) is 0 Å². The fraction of sp³-hybridized carbons (Fsp3) is 0.269. The number of rotatable bonds is 9. The second kappa shape index (κ2) is 10.6. The molecule has 1 amide bonds. The molecule has 0 aliphatic rings. The van der Waals surface area contributed by atoms with Gasteiger partial charge in [-0.25, -0.2) is 8.42 Å². The minimum Gasteiger partial charge on any atom is -0.493 e. The lowest BCUT2D eigenvalue weighted by Gasteiger charge is -2.27. The summed E-state index contributed by atoms with van der Waals surface area (Å²) in [6.45, 7) is 3.72. The van der Waals surface area contributed by atoms with Crippen LogP contribution in [0, 0.1) is 13.8 Å². The van der Waals surface area contributed by atoms with Gasteiger partial charge in [0.2, 0.25) is 5.91 Å². The van der Waals surface area contributed by atoms with Gasteiger partial charge in [0.1, 0.15) is 6.54 Å². The minimum atomic E-state index is -3.96. The summed E-state index contributed by atoms with van der Waals surface area (Å²) < 4.78 is 38.9. The van der Waals surface area contributed by atoms with Crippen LogP contribution in [0.3, 0.4) is 0 Å². The van der Waals surface area contributed by atoms with Gasteiger partial charge in [-0.3, -0.25) is 9.10 Å². The Morgan fingerprint density at radius 2 is 1.53 bits per heavy atom. The predicted molar refractivity (Wildman–Crippen MR) is 133 cm³/mol. The molecule has 3 aromatic rings. The zero-order valence-corrected chi connectivity index (χ0v) is 20.9. The molecule has 0 radical (unpaired) electrons. The van der Waals surface area contributed by atoms with Crippen molar-refractivity contribution in [1.29, 1.82) is 0 Å². The smallest absolute Gasteiger partial charge is 0.264 e. The van der Waals surface area contributed by atoms with Crippen molar-refractivity contribution in [2.24, 2.45) is 0 Å². The molecular weight excluding hydrogens is 452 g/mol. The predicted octanol–water partition coefficient (Wildman–Crippen LogP) is 4.17. The number of anilines is 1. The van der Waals surface area contributed by atoms with Gasteiger partial charge >= 0.3 is 0 Å². The molecule has 7 nitrogen and oxygen atoms in total. The van der Waals surface area contributed by atoms with E-state index in [1.165, 1.54) is 4.90 Å². The molecule has 0 aliphatic carbocycles. The van der Waals surface area contributed by atoms with Crippen LogP contribution in [0.15, 0.2) is 71.6 Å². The molecule has 0 saturated heterocycles. The highest BCUT2D eigenvalue weighted by Crippen LogP contribution is 2.28. The molecular formula is C26H30N2O5S. The molecule has 180 valence electrons. The lowest BCUT2D eigenvalue weighted by molar-refractivity contribution is -0.128. The molecule has 0 atom stereocenters. The van der Waals surface area contributed by atoms with Crippen molar-refractivity contribution >= 4 is 21.6 Å². The maximum atomic E-state index is 13.6. The Bertz CT molecular complexity index is 1260. The Balaban J connectivity index is 1.89. The highest BCUT2D eigenvalue weighted by molar-refractivity contribution is 7.92. The fourth-order valence-electron chi connectivity index (χ4n) is 3.52. The van der Waals surface area contributed by atoms with Crippen molar-refractivity contribution in [3.05, 3.63) is 83.4 Å². The third-order valence-electron chi connectivity index (χ3n) is 5.47. The molecule has 34 heavy (non-hydrogen) atoms. The monoisotopic (exact) mass is 482 g/mol. The van der Waals surface area contributed by atoms with Crippen LogP contribution in [0.5, 0.6) is 11.5 Å². The first-order chi connectivity index (χ1) is 16.1. The van der Waals surface area contributed by atoms with Gasteiger partial charge in [0.15, 0.2) is 11.5 Å². The first kappa shape index (κ1) is 25.1. The zero-order chi connectivity index (χ0) is 24.9. The molecule has 0 fully saturated rings. The number of likely N-dealkylation sites (N-methyl/N-ethyl adjacent to an activating group) is 1. The van der Waals surface area contributed by atoms with Crippen molar-refractivity contribution in [2.75, 3.05) is 32.1 Å². The van der Waals surface area contributed by atoms with E-state index in [9.17, 15) is 13.2 Å². The van der Waals surface area contributed by atoms with Crippen LogP contribution in [0.25, 0.3) is 0 Å². The molecule has 0 aromatic heterocycles. The quantitative estimate of drug-likeness (QED) is 0.458. The van der Waals surface area contributed by atoms with E-state index >= 15 is 0 Å². The first-order valence-corrected chi connectivity index (χ1v) is 12.2. The van der Waals surface area contributed by atoms with Gasteiger partial charge in [0.25, 0.3) is 10.0 Å². The average molecular weight is 483 g/mol. The lowest BCUT2D eigenvalue weighted by atomic mass is 10.2. The SMILES string of the molecule is COc1ccc(CN(C)C(=O)CN(c2cccc(C)c2)S(=O)(=O)c2ccc(C)cc2)cc1OC. The number of ether oxygens (including phenoxy) is 2. The van der Waals surface area contributed by atoms with Gasteiger partial charge in [0.05, 0.1) is 24.8 Å². The Kier molecular flexibility index (Phi) is 7.83. The lowest BCUT2D eigenvalue weighted by Crippen LogP contribution is -2.41. The number of nitrogens with zero attached hydrogens (tertiary/aromatic N) is 2. The highest BCUT2D eigenvalue weighted by atomic mass is 32.2. The average Bonchev–Trinajstić information content (AvgIpc) is 2.82. The van der Waals surface area contributed by atoms with Crippen molar-refractivity contribution in [2.45, 2.75) is 25.3 Å². The summed E-state index contributed by atoms with van der Waals surface area (Å²) in [6.07, 6.45) is 0. The Morgan fingerprint density at radius 3 is 2.15 bits per heavy atom. The minimum absolute atomic E-state index is 0.134. The van der Waals surface area contributed by atoms with Crippen LogP contribution in [-0.2, 0) is 21.4 Å². The van der Waals surface area contributed by atoms with Gasteiger partial charge in [-0.05, 0) is 61.4 Å². The maximum absolute atomic E-state index is 13.6. The van der Waals surface area contributed by atoms with E-state index in [1.807, 2.05) is 26.0 Å². The van der Waals surface area contributed by atoms with Crippen molar-refractivity contribution in [1.82, 2.24) is 4.90 Å². The summed E-state index contributed by atoms with van der Waals surface area (Å²) in [5.74, 6) is 0.811. The normalized spacial score (nSPS) is 11.1. The van der Waals surface area contributed by atoms with E-state index in [2.05, 4.69) is 0 Å². The molecule has 0 N–H and O–H groups in total. The fourth-order valence-corrected chi connectivity index (χ4v) is 4.93. The van der Waals surface area contributed by atoms with E-state index in [1.54, 1.807) is 75.9 Å². The van der Waals surface area contributed by atoms with Crippen LogP contribution >= 0.6 is 0 Å². The molecule has 3 aromatic carbocycles. The molecule has 0 bridgehead atoms. The molecule has 0 saturated carbocycles. The van der Waals surface area contributed by atoms with Crippen LogP contribution in [-0.4, -0.2) is 47.0 Å². The molecule has 0 spiro atoms. The largest absolute Gasteiger partial charge is 0.493 e. The van der Waals surface area contributed by atoms with Gasteiger partial charge in [0, 0.05) is 13.6 Å². The topological polar surface area (TPSA) is 76.2 Å². The summed E-state index contributed by atoms with van der Waals surface area (Å²) >= 11 is 0. The third kappa shape index (κ3) is 5.69. The summed E-state index contributed by atoms with van der Waals surface area (Å²) in [5.41, 5.74) is 3.12. The van der Waals surface area contributed by atoms with Crippen molar-refractivity contribution < 1.29 is 22.7 Å².